The molecular weight excluding hydrogens is 162 g/mol. The lowest BCUT2D eigenvalue weighted by atomic mass is 9.92. The maximum absolute atomic E-state index is 5.51. The van der Waals surface area contributed by atoms with Gasteiger partial charge in [-0.05, 0) is 41.0 Å². The summed E-state index contributed by atoms with van der Waals surface area (Å²) in [6.07, 6.45) is 1.13. The second-order valence-electron chi connectivity index (χ2n) is 5.50. The van der Waals surface area contributed by atoms with Crippen LogP contribution in [-0.4, -0.2) is 35.7 Å². The van der Waals surface area contributed by atoms with Crippen LogP contribution in [-0.2, 0) is 4.74 Å². The predicted molar refractivity (Wildman–Crippen MR) is 56.0 cm³/mol. The minimum absolute atomic E-state index is 0.247. The van der Waals surface area contributed by atoms with Gasteiger partial charge in [0.1, 0.15) is 0 Å². The van der Waals surface area contributed by atoms with Crippen LogP contribution in [0.4, 0.5) is 0 Å². The molecule has 1 aliphatic rings. The summed E-state index contributed by atoms with van der Waals surface area (Å²) in [6.45, 7) is 14.3. The Morgan fingerprint density at radius 1 is 1.15 bits per heavy atom. The molecule has 0 bridgehead atoms. The van der Waals surface area contributed by atoms with E-state index in [1.54, 1.807) is 0 Å². The quantitative estimate of drug-likeness (QED) is 0.574. The van der Waals surface area contributed by atoms with Crippen molar-refractivity contribution in [1.82, 2.24) is 4.90 Å². The number of hydrogen-bond donors (Lipinski definition) is 0. The molecule has 13 heavy (non-hydrogen) atoms. The Labute approximate surface area is 82.3 Å². The summed E-state index contributed by atoms with van der Waals surface area (Å²) in [5.74, 6) is 0. The maximum atomic E-state index is 5.51. The van der Waals surface area contributed by atoms with Gasteiger partial charge in [-0.2, -0.15) is 0 Å². The average Bonchev–Trinajstić information content (AvgIpc) is 2.07. The molecule has 1 heterocycles. The van der Waals surface area contributed by atoms with Crippen molar-refractivity contribution in [3.8, 4) is 0 Å². The minimum atomic E-state index is 0.247. The van der Waals surface area contributed by atoms with Gasteiger partial charge in [0.2, 0.25) is 0 Å². The number of ether oxygens (including phenoxy) is 1. The smallest absolute Gasteiger partial charge is 0.0593 e. The van der Waals surface area contributed by atoms with Crippen LogP contribution >= 0.6 is 0 Å². The van der Waals surface area contributed by atoms with Crippen LogP contribution in [0.15, 0.2) is 0 Å². The monoisotopic (exact) mass is 185 g/mol. The van der Waals surface area contributed by atoms with E-state index in [-0.39, 0.29) is 11.1 Å². The van der Waals surface area contributed by atoms with E-state index in [0.29, 0.717) is 0 Å². The molecule has 78 valence electrons. The van der Waals surface area contributed by atoms with E-state index < -0.39 is 0 Å². The first-order chi connectivity index (χ1) is 5.84. The molecule has 0 amide bonds. The summed E-state index contributed by atoms with van der Waals surface area (Å²) in [4.78, 5) is 2.55. The van der Waals surface area contributed by atoms with Gasteiger partial charge in [0.05, 0.1) is 6.61 Å². The van der Waals surface area contributed by atoms with Gasteiger partial charge in [-0.15, -0.1) is 0 Å². The van der Waals surface area contributed by atoms with Gasteiger partial charge in [0.25, 0.3) is 0 Å². The summed E-state index contributed by atoms with van der Waals surface area (Å²) in [7, 11) is 0. The number of hydrogen-bond acceptors (Lipinski definition) is 2. The summed E-state index contributed by atoms with van der Waals surface area (Å²) >= 11 is 0. The third-order valence-corrected chi connectivity index (χ3v) is 2.86. The molecule has 0 aromatic rings. The second-order valence-corrected chi connectivity index (χ2v) is 5.50. The Balaban J connectivity index is 2.78. The number of rotatable bonds is 0. The van der Waals surface area contributed by atoms with Crippen molar-refractivity contribution >= 4 is 0 Å². The van der Waals surface area contributed by atoms with Crippen LogP contribution in [0.3, 0.4) is 0 Å². The molecule has 2 heteroatoms. The minimum Gasteiger partial charge on any atom is -0.380 e. The molecule has 0 N–H and O–H groups in total. The van der Waals surface area contributed by atoms with Crippen molar-refractivity contribution in [1.29, 1.82) is 0 Å². The molecule has 0 aromatic heterocycles. The molecule has 1 saturated heterocycles. The van der Waals surface area contributed by atoms with Crippen molar-refractivity contribution in [2.45, 2.75) is 52.1 Å². The van der Waals surface area contributed by atoms with Gasteiger partial charge in [0.15, 0.2) is 0 Å². The largest absolute Gasteiger partial charge is 0.380 e. The Hall–Kier alpha value is -0.0800. The number of nitrogens with zero attached hydrogens (tertiary/aromatic N) is 1. The molecule has 0 spiro atoms. The maximum Gasteiger partial charge on any atom is 0.0593 e. The van der Waals surface area contributed by atoms with Gasteiger partial charge >= 0.3 is 0 Å². The first-order valence-electron chi connectivity index (χ1n) is 5.19. The zero-order valence-electron chi connectivity index (χ0n) is 9.68. The van der Waals surface area contributed by atoms with E-state index in [9.17, 15) is 0 Å². The van der Waals surface area contributed by atoms with E-state index >= 15 is 0 Å². The zero-order chi connectivity index (χ0) is 10.1. The van der Waals surface area contributed by atoms with Gasteiger partial charge in [-0.3, -0.25) is 4.90 Å². The highest BCUT2D eigenvalue weighted by molar-refractivity contribution is 4.90. The van der Waals surface area contributed by atoms with Crippen molar-refractivity contribution in [3.63, 3.8) is 0 Å². The van der Waals surface area contributed by atoms with Gasteiger partial charge in [-0.1, -0.05) is 0 Å². The third kappa shape index (κ3) is 2.68. The van der Waals surface area contributed by atoms with E-state index in [4.69, 9.17) is 4.74 Å². The second kappa shape index (κ2) is 3.58. The summed E-state index contributed by atoms with van der Waals surface area (Å²) in [6, 6.07) is 0. The summed E-state index contributed by atoms with van der Waals surface area (Å²) in [5.41, 5.74) is 0.520. The van der Waals surface area contributed by atoms with Gasteiger partial charge in [0, 0.05) is 24.2 Å². The zero-order valence-corrected chi connectivity index (χ0v) is 9.68. The summed E-state index contributed by atoms with van der Waals surface area (Å²) < 4.78 is 5.51. The Morgan fingerprint density at radius 3 is 2.31 bits per heavy atom. The average molecular weight is 185 g/mol. The molecule has 0 atom stereocenters. The van der Waals surface area contributed by atoms with E-state index in [1.807, 2.05) is 0 Å². The van der Waals surface area contributed by atoms with Crippen molar-refractivity contribution in [3.05, 3.63) is 0 Å². The van der Waals surface area contributed by atoms with Crippen LogP contribution in [0.1, 0.15) is 41.0 Å². The molecule has 0 radical (unpaired) electrons. The lowest BCUT2D eigenvalue weighted by molar-refractivity contribution is 0.0319. The predicted octanol–water partition coefficient (Wildman–Crippen LogP) is 2.29. The highest BCUT2D eigenvalue weighted by Crippen LogP contribution is 2.28. The molecule has 1 fully saturated rings. The molecule has 0 unspecified atom stereocenters. The van der Waals surface area contributed by atoms with E-state index in [2.05, 4.69) is 39.5 Å². The molecule has 2 nitrogen and oxygen atoms in total. The first kappa shape index (κ1) is 11.0. The fourth-order valence-electron chi connectivity index (χ4n) is 2.26. The molecule has 1 rings (SSSR count). The Morgan fingerprint density at radius 2 is 1.77 bits per heavy atom. The van der Waals surface area contributed by atoms with Crippen molar-refractivity contribution < 1.29 is 4.74 Å². The van der Waals surface area contributed by atoms with Crippen LogP contribution < -0.4 is 0 Å². The molecule has 0 aromatic carbocycles. The first-order valence-corrected chi connectivity index (χ1v) is 5.19. The van der Waals surface area contributed by atoms with Crippen LogP contribution in [0, 0.1) is 0 Å². The van der Waals surface area contributed by atoms with Gasteiger partial charge < -0.3 is 4.74 Å². The normalized spacial score (nSPS) is 25.6. The lowest BCUT2D eigenvalue weighted by Gasteiger charge is -2.45. The Kier molecular flexibility index (Phi) is 3.03. The Bertz CT molecular complexity index is 169. The van der Waals surface area contributed by atoms with E-state index in [0.717, 1.165) is 26.2 Å². The standard InChI is InChI=1S/C11H23NO/c1-10(2,3)12-7-9-13-8-6-11(12,4)5/h6-9H2,1-5H3. The van der Waals surface area contributed by atoms with Crippen LogP contribution in [0.2, 0.25) is 0 Å². The SMILES string of the molecule is CC(C)(C)N1CCOCCC1(C)C. The topological polar surface area (TPSA) is 12.5 Å². The molecule has 0 saturated carbocycles. The third-order valence-electron chi connectivity index (χ3n) is 2.86. The lowest BCUT2D eigenvalue weighted by Crippen LogP contribution is -2.54. The fourth-order valence-corrected chi connectivity index (χ4v) is 2.26. The molecule has 0 aliphatic carbocycles. The highest BCUT2D eigenvalue weighted by Gasteiger charge is 2.35. The highest BCUT2D eigenvalue weighted by atomic mass is 16.5. The molecule has 1 aliphatic heterocycles. The fraction of sp³-hybridized carbons (Fsp3) is 1.00. The summed E-state index contributed by atoms with van der Waals surface area (Å²) in [5, 5.41) is 0. The van der Waals surface area contributed by atoms with Gasteiger partial charge in [-0.25, -0.2) is 0 Å². The van der Waals surface area contributed by atoms with Crippen LogP contribution in [0.25, 0.3) is 0 Å². The van der Waals surface area contributed by atoms with Crippen molar-refractivity contribution in [2.75, 3.05) is 19.8 Å². The van der Waals surface area contributed by atoms with Crippen LogP contribution in [0.5, 0.6) is 0 Å². The van der Waals surface area contributed by atoms with E-state index in [1.165, 1.54) is 0 Å². The molecular formula is C11H23NO. The van der Waals surface area contributed by atoms with Crippen molar-refractivity contribution in [2.24, 2.45) is 0 Å².